The van der Waals surface area contributed by atoms with Crippen LogP contribution in [0.1, 0.15) is 18.9 Å². The fourth-order valence-corrected chi connectivity index (χ4v) is 1.44. The van der Waals surface area contributed by atoms with Gasteiger partial charge in [0.15, 0.2) is 0 Å². The van der Waals surface area contributed by atoms with E-state index in [2.05, 4.69) is 0 Å². The van der Waals surface area contributed by atoms with E-state index in [0.29, 0.717) is 18.4 Å². The fourth-order valence-electron chi connectivity index (χ4n) is 1.28. The summed E-state index contributed by atoms with van der Waals surface area (Å²) in [5.74, 6) is -0.476. The van der Waals surface area contributed by atoms with E-state index in [9.17, 15) is 14.5 Å². The molecule has 1 atom stereocenters. The minimum Gasteiger partial charge on any atom is -0.258 e. The van der Waals surface area contributed by atoms with E-state index in [1.54, 1.807) is 0 Å². The number of rotatable bonds is 4. The molecule has 1 aromatic rings. The van der Waals surface area contributed by atoms with Crippen LogP contribution in [0, 0.1) is 15.9 Å². The third-order valence-corrected chi connectivity index (χ3v) is 2.59. The molecule has 0 aliphatic carbocycles. The summed E-state index contributed by atoms with van der Waals surface area (Å²) in [6.45, 7) is 1.88. The Kier molecular flexibility index (Phi) is 4.03. The van der Waals surface area contributed by atoms with Crippen LogP contribution in [0.15, 0.2) is 18.2 Å². The van der Waals surface area contributed by atoms with Crippen LogP contribution >= 0.6 is 11.6 Å². The van der Waals surface area contributed by atoms with Gasteiger partial charge in [0.25, 0.3) is 5.69 Å². The van der Waals surface area contributed by atoms with Crippen LogP contribution in [0.5, 0.6) is 0 Å². The van der Waals surface area contributed by atoms with E-state index in [1.165, 1.54) is 12.1 Å². The molecule has 82 valence electrons. The molecule has 1 rings (SSSR count). The van der Waals surface area contributed by atoms with Crippen molar-refractivity contribution < 1.29 is 9.31 Å². The van der Waals surface area contributed by atoms with E-state index in [0.717, 1.165) is 6.07 Å². The van der Waals surface area contributed by atoms with Crippen molar-refractivity contribution in [3.8, 4) is 0 Å². The van der Waals surface area contributed by atoms with Gasteiger partial charge >= 0.3 is 0 Å². The minimum atomic E-state index is -0.520. The Morgan fingerprint density at radius 3 is 2.80 bits per heavy atom. The predicted molar refractivity (Wildman–Crippen MR) is 56.7 cm³/mol. The van der Waals surface area contributed by atoms with Crippen molar-refractivity contribution in [1.82, 2.24) is 0 Å². The summed E-state index contributed by atoms with van der Waals surface area (Å²) in [6.07, 6.45) is 1.00. The average Bonchev–Trinajstić information content (AvgIpc) is 2.17. The van der Waals surface area contributed by atoms with E-state index < -0.39 is 10.7 Å². The summed E-state index contributed by atoms with van der Waals surface area (Å²) in [5, 5.41) is 10.4. The number of nitro groups is 1. The first-order valence-electron chi connectivity index (χ1n) is 4.61. The number of hydrogen-bond acceptors (Lipinski definition) is 2. The lowest BCUT2D eigenvalue weighted by Gasteiger charge is -2.06. The Morgan fingerprint density at radius 1 is 1.60 bits per heavy atom. The molecule has 0 radical (unpaired) electrons. The van der Waals surface area contributed by atoms with Gasteiger partial charge in [0.1, 0.15) is 5.82 Å². The number of nitrogens with zero attached hydrogens (tertiary/aromatic N) is 1. The van der Waals surface area contributed by atoms with Crippen LogP contribution in [-0.2, 0) is 6.42 Å². The van der Waals surface area contributed by atoms with Crippen LogP contribution in [0.4, 0.5) is 10.1 Å². The number of alkyl halides is 1. The zero-order valence-corrected chi connectivity index (χ0v) is 9.00. The summed E-state index contributed by atoms with van der Waals surface area (Å²) in [4.78, 5) is 10.1. The monoisotopic (exact) mass is 231 g/mol. The summed E-state index contributed by atoms with van der Waals surface area (Å²) in [5.41, 5.74) is 0.275. The van der Waals surface area contributed by atoms with Gasteiger partial charge in [-0.25, -0.2) is 4.39 Å². The van der Waals surface area contributed by atoms with Gasteiger partial charge in [0.05, 0.1) is 4.92 Å². The van der Waals surface area contributed by atoms with Gasteiger partial charge in [-0.05, 0) is 25.0 Å². The van der Waals surface area contributed by atoms with E-state index in [4.69, 9.17) is 11.6 Å². The number of hydrogen-bond donors (Lipinski definition) is 0. The third kappa shape index (κ3) is 3.16. The van der Waals surface area contributed by atoms with Crippen molar-refractivity contribution in [2.75, 3.05) is 0 Å². The molecule has 0 aromatic heterocycles. The second-order valence-corrected chi connectivity index (χ2v) is 3.86. The Balaban J connectivity index is 3.02. The highest BCUT2D eigenvalue weighted by molar-refractivity contribution is 6.20. The Bertz CT molecular complexity index is 370. The van der Waals surface area contributed by atoms with Gasteiger partial charge in [-0.1, -0.05) is 6.92 Å². The topological polar surface area (TPSA) is 43.1 Å². The molecule has 1 aromatic carbocycles. The Morgan fingerprint density at radius 2 is 2.27 bits per heavy atom. The molecule has 0 N–H and O–H groups in total. The van der Waals surface area contributed by atoms with Crippen molar-refractivity contribution in [2.45, 2.75) is 25.1 Å². The molecular formula is C10H11ClFNO2. The van der Waals surface area contributed by atoms with Crippen LogP contribution in [0.2, 0.25) is 0 Å². The maximum atomic E-state index is 12.9. The molecule has 0 fully saturated rings. The first-order valence-corrected chi connectivity index (χ1v) is 5.05. The molecule has 0 bridgehead atoms. The van der Waals surface area contributed by atoms with Gasteiger partial charge in [-0.15, -0.1) is 11.6 Å². The molecule has 0 aliphatic rings. The van der Waals surface area contributed by atoms with Crippen LogP contribution in [-0.4, -0.2) is 10.3 Å². The van der Waals surface area contributed by atoms with E-state index in [-0.39, 0.29) is 11.1 Å². The molecular weight excluding hydrogens is 221 g/mol. The van der Waals surface area contributed by atoms with Crippen LogP contribution in [0.25, 0.3) is 0 Å². The lowest BCUT2D eigenvalue weighted by molar-refractivity contribution is -0.385. The zero-order chi connectivity index (χ0) is 11.4. The predicted octanol–water partition coefficient (Wildman–Crippen LogP) is 3.29. The molecule has 1 unspecified atom stereocenters. The molecule has 0 saturated heterocycles. The second-order valence-electron chi connectivity index (χ2n) is 3.24. The van der Waals surface area contributed by atoms with Crippen LogP contribution < -0.4 is 0 Å². The smallest absolute Gasteiger partial charge is 0.258 e. The first-order chi connectivity index (χ1) is 7.04. The molecule has 0 aliphatic heterocycles. The highest BCUT2D eigenvalue weighted by Crippen LogP contribution is 2.23. The molecule has 5 heteroatoms. The van der Waals surface area contributed by atoms with Crippen molar-refractivity contribution in [3.63, 3.8) is 0 Å². The molecule has 3 nitrogen and oxygen atoms in total. The second kappa shape index (κ2) is 5.07. The maximum Gasteiger partial charge on any atom is 0.272 e. The first kappa shape index (κ1) is 11.9. The zero-order valence-electron chi connectivity index (χ0n) is 8.24. The van der Waals surface area contributed by atoms with Gasteiger partial charge in [0.2, 0.25) is 0 Å². The molecule has 0 saturated carbocycles. The van der Waals surface area contributed by atoms with Gasteiger partial charge in [-0.3, -0.25) is 10.1 Å². The normalized spacial score (nSPS) is 12.5. The molecule has 0 amide bonds. The maximum absolute atomic E-state index is 12.9. The summed E-state index contributed by atoms with van der Waals surface area (Å²) in [7, 11) is 0. The third-order valence-electron chi connectivity index (χ3n) is 2.12. The number of halogens is 2. The van der Waals surface area contributed by atoms with Gasteiger partial charge in [-0.2, -0.15) is 0 Å². The van der Waals surface area contributed by atoms with Crippen molar-refractivity contribution in [3.05, 3.63) is 39.7 Å². The summed E-state index contributed by atoms with van der Waals surface area (Å²) in [6, 6.07) is 3.42. The summed E-state index contributed by atoms with van der Waals surface area (Å²) < 4.78 is 12.9. The number of nitro benzene ring substituents is 1. The summed E-state index contributed by atoms with van der Waals surface area (Å²) >= 11 is 5.88. The largest absolute Gasteiger partial charge is 0.272 e. The van der Waals surface area contributed by atoms with Gasteiger partial charge in [0, 0.05) is 17.0 Å². The Labute approximate surface area is 92.0 Å². The van der Waals surface area contributed by atoms with Gasteiger partial charge < -0.3 is 0 Å². The average molecular weight is 232 g/mol. The molecule has 0 spiro atoms. The van der Waals surface area contributed by atoms with Crippen molar-refractivity contribution >= 4 is 17.3 Å². The Hall–Kier alpha value is -1.16. The van der Waals surface area contributed by atoms with E-state index >= 15 is 0 Å². The quantitative estimate of drug-likeness (QED) is 0.453. The van der Waals surface area contributed by atoms with E-state index in [1.807, 2.05) is 6.92 Å². The fraction of sp³-hybridized carbons (Fsp3) is 0.400. The molecule has 15 heavy (non-hydrogen) atoms. The standard InChI is InChI=1S/C10H11ClFNO2/c1-2-8(11)5-7-6-9(12)3-4-10(7)13(14)15/h3-4,6,8H,2,5H2,1H3. The lowest BCUT2D eigenvalue weighted by Crippen LogP contribution is -2.04. The number of benzene rings is 1. The van der Waals surface area contributed by atoms with Crippen molar-refractivity contribution in [1.29, 1.82) is 0 Å². The highest BCUT2D eigenvalue weighted by Gasteiger charge is 2.16. The van der Waals surface area contributed by atoms with Crippen LogP contribution in [0.3, 0.4) is 0 Å². The lowest BCUT2D eigenvalue weighted by atomic mass is 10.1. The van der Waals surface area contributed by atoms with Crippen molar-refractivity contribution in [2.24, 2.45) is 0 Å². The highest BCUT2D eigenvalue weighted by atomic mass is 35.5. The minimum absolute atomic E-state index is 0.0736. The molecule has 0 heterocycles. The SMILES string of the molecule is CCC(Cl)Cc1cc(F)ccc1[N+](=O)[O-].